The fourth-order valence-electron chi connectivity index (χ4n) is 4.11. The molecule has 160 valence electrons. The number of hydrogen-bond acceptors (Lipinski definition) is 4. The van der Waals surface area contributed by atoms with Crippen molar-refractivity contribution in [1.29, 1.82) is 0 Å². The molecule has 32 heavy (non-hydrogen) atoms. The largest absolute Gasteiger partial charge is 0.349 e. The number of nitrogens with zero attached hydrogens (tertiary/aromatic N) is 3. The highest BCUT2D eigenvalue weighted by Crippen LogP contribution is 2.33. The summed E-state index contributed by atoms with van der Waals surface area (Å²) in [4.78, 5) is 33.3. The maximum absolute atomic E-state index is 12.6. The summed E-state index contributed by atoms with van der Waals surface area (Å²) in [5.41, 5.74) is 1.63. The fourth-order valence-corrected chi connectivity index (χ4v) is 4.11. The predicted molar refractivity (Wildman–Crippen MR) is 122 cm³/mol. The van der Waals surface area contributed by atoms with Crippen molar-refractivity contribution in [2.24, 2.45) is 0 Å². The molecule has 7 heteroatoms. The number of hydrogen-bond donors (Lipinski definition) is 2. The van der Waals surface area contributed by atoms with Crippen molar-refractivity contribution in [3.63, 3.8) is 0 Å². The Bertz CT molecular complexity index is 1260. The van der Waals surface area contributed by atoms with E-state index in [1.54, 1.807) is 18.7 Å². The molecule has 2 aromatic carbocycles. The summed E-state index contributed by atoms with van der Waals surface area (Å²) in [6.07, 6.45) is 9.07. The molecule has 0 atom stereocenters. The van der Waals surface area contributed by atoms with Crippen molar-refractivity contribution in [2.45, 2.75) is 31.3 Å². The second kappa shape index (κ2) is 8.63. The van der Waals surface area contributed by atoms with Crippen LogP contribution in [0.15, 0.2) is 79.5 Å². The Morgan fingerprint density at radius 3 is 2.72 bits per heavy atom. The molecule has 5 rings (SSSR count). The van der Waals surface area contributed by atoms with Gasteiger partial charge in [-0.1, -0.05) is 36.4 Å². The van der Waals surface area contributed by atoms with E-state index < -0.39 is 0 Å². The third-order valence-electron chi connectivity index (χ3n) is 5.90. The molecular formula is C25H23N5O2. The van der Waals surface area contributed by atoms with Gasteiger partial charge < -0.3 is 15.2 Å². The van der Waals surface area contributed by atoms with Crippen LogP contribution in [0, 0.1) is 0 Å². The monoisotopic (exact) mass is 425 g/mol. The van der Waals surface area contributed by atoms with Gasteiger partial charge in [-0.2, -0.15) is 0 Å². The van der Waals surface area contributed by atoms with Crippen molar-refractivity contribution in [3.05, 3.63) is 90.6 Å². The van der Waals surface area contributed by atoms with E-state index in [4.69, 9.17) is 0 Å². The van der Waals surface area contributed by atoms with Crippen molar-refractivity contribution in [3.8, 4) is 0 Å². The summed E-state index contributed by atoms with van der Waals surface area (Å²) in [6.45, 7) is 0. The topological polar surface area (TPSA) is 88.9 Å². The maximum Gasteiger partial charge on any atom is 0.251 e. The Morgan fingerprint density at radius 1 is 1.03 bits per heavy atom. The Hall–Kier alpha value is -4.00. The number of rotatable bonds is 6. The van der Waals surface area contributed by atoms with Gasteiger partial charge in [0.05, 0.1) is 12.7 Å². The first-order valence-electron chi connectivity index (χ1n) is 10.7. The molecule has 2 N–H and O–H groups in total. The number of aromatic nitrogens is 3. The van der Waals surface area contributed by atoms with Gasteiger partial charge in [-0.25, -0.2) is 4.98 Å². The highest BCUT2D eigenvalue weighted by atomic mass is 16.2. The van der Waals surface area contributed by atoms with Crippen LogP contribution < -0.4 is 10.6 Å². The van der Waals surface area contributed by atoms with E-state index in [0.29, 0.717) is 11.4 Å². The van der Waals surface area contributed by atoms with E-state index in [1.807, 2.05) is 65.4 Å². The standard InChI is InChI=1S/C25H23N5O2/c31-24(11-18-7-4-8-19-14-26-10-9-22(18)19)29-23-15-30(16-27-23)21-12-20(13-21)28-25(32)17-5-2-1-3-6-17/h1-10,14-16,20-21H,11-13H2,(H,28,32)(H,29,31). The molecule has 2 amide bonds. The zero-order valence-corrected chi connectivity index (χ0v) is 17.4. The first-order chi connectivity index (χ1) is 15.7. The zero-order chi connectivity index (χ0) is 21.9. The lowest BCUT2D eigenvalue weighted by Crippen LogP contribution is -2.44. The van der Waals surface area contributed by atoms with Crippen LogP contribution in [0.5, 0.6) is 0 Å². The lowest BCUT2D eigenvalue weighted by atomic mass is 9.86. The molecule has 4 aromatic rings. The van der Waals surface area contributed by atoms with Gasteiger partial charge in [-0.3, -0.25) is 14.6 Å². The first kappa shape index (κ1) is 19.9. The molecule has 0 unspecified atom stereocenters. The zero-order valence-electron chi connectivity index (χ0n) is 17.4. The van der Waals surface area contributed by atoms with Crippen LogP contribution in [0.4, 0.5) is 5.82 Å². The van der Waals surface area contributed by atoms with E-state index in [2.05, 4.69) is 20.6 Å². The fraction of sp³-hybridized carbons (Fsp3) is 0.200. The molecular weight excluding hydrogens is 402 g/mol. The Kier molecular flexibility index (Phi) is 5.37. The van der Waals surface area contributed by atoms with E-state index in [-0.39, 0.29) is 30.3 Å². The molecule has 0 spiro atoms. The number of fused-ring (bicyclic) bond motifs is 1. The summed E-state index contributed by atoms with van der Waals surface area (Å²) >= 11 is 0. The van der Waals surface area contributed by atoms with Crippen LogP contribution in [0.25, 0.3) is 10.8 Å². The Balaban J connectivity index is 1.15. The van der Waals surface area contributed by atoms with Gasteiger partial charge in [-0.15, -0.1) is 0 Å². The van der Waals surface area contributed by atoms with Gasteiger partial charge in [-0.05, 0) is 42.0 Å². The lowest BCUT2D eigenvalue weighted by molar-refractivity contribution is -0.115. The highest BCUT2D eigenvalue weighted by Gasteiger charge is 2.31. The van der Waals surface area contributed by atoms with Gasteiger partial charge >= 0.3 is 0 Å². The van der Waals surface area contributed by atoms with Crippen molar-refractivity contribution in [2.75, 3.05) is 5.32 Å². The third kappa shape index (κ3) is 4.23. The third-order valence-corrected chi connectivity index (χ3v) is 5.90. The number of amides is 2. The van der Waals surface area contributed by atoms with Crippen LogP contribution >= 0.6 is 0 Å². The molecule has 0 aliphatic heterocycles. The number of anilines is 1. The average molecular weight is 425 g/mol. The summed E-state index contributed by atoms with van der Waals surface area (Å²) in [7, 11) is 0. The number of pyridine rings is 1. The number of carbonyl (C=O) groups excluding carboxylic acids is 2. The summed E-state index contributed by atoms with van der Waals surface area (Å²) in [5.74, 6) is 0.381. The van der Waals surface area contributed by atoms with E-state index in [0.717, 1.165) is 29.2 Å². The maximum atomic E-state index is 12.6. The smallest absolute Gasteiger partial charge is 0.251 e. The Labute approximate surface area is 185 Å². The second-order valence-electron chi connectivity index (χ2n) is 8.11. The number of benzene rings is 2. The minimum absolute atomic E-state index is 0.0446. The summed E-state index contributed by atoms with van der Waals surface area (Å²) < 4.78 is 2.00. The molecule has 2 heterocycles. The second-order valence-corrected chi connectivity index (χ2v) is 8.11. The van der Waals surface area contributed by atoms with Gasteiger partial charge in [0.15, 0.2) is 5.82 Å². The minimum atomic E-state index is -0.110. The quantitative estimate of drug-likeness (QED) is 0.492. The molecule has 7 nitrogen and oxygen atoms in total. The predicted octanol–water partition coefficient (Wildman–Crippen LogP) is 3.75. The molecule has 1 aliphatic rings. The molecule has 1 fully saturated rings. The molecule has 0 bridgehead atoms. The number of imidazole rings is 1. The van der Waals surface area contributed by atoms with Crippen LogP contribution in [0.2, 0.25) is 0 Å². The average Bonchev–Trinajstić information content (AvgIpc) is 3.24. The summed E-state index contributed by atoms with van der Waals surface area (Å²) in [5, 5.41) is 8.00. The van der Waals surface area contributed by atoms with Crippen LogP contribution in [0.3, 0.4) is 0 Å². The van der Waals surface area contributed by atoms with Crippen LogP contribution in [-0.4, -0.2) is 32.4 Å². The number of nitrogens with one attached hydrogen (secondary N) is 2. The van der Waals surface area contributed by atoms with Crippen molar-refractivity contribution >= 4 is 28.4 Å². The van der Waals surface area contributed by atoms with E-state index in [1.165, 1.54) is 0 Å². The number of carbonyl (C=O) groups is 2. The first-order valence-corrected chi connectivity index (χ1v) is 10.7. The SMILES string of the molecule is O=C(Cc1cccc2cnccc12)Nc1cn(C2CC(NC(=O)c3ccccc3)C2)cn1. The van der Waals surface area contributed by atoms with Gasteiger partial charge in [0.25, 0.3) is 5.91 Å². The summed E-state index contributed by atoms with van der Waals surface area (Å²) in [6, 6.07) is 17.4. The lowest BCUT2D eigenvalue weighted by Gasteiger charge is -2.36. The molecule has 2 aromatic heterocycles. The molecule has 0 radical (unpaired) electrons. The highest BCUT2D eigenvalue weighted by molar-refractivity contribution is 5.95. The van der Waals surface area contributed by atoms with E-state index >= 15 is 0 Å². The van der Waals surface area contributed by atoms with Gasteiger partial charge in [0.1, 0.15) is 0 Å². The Morgan fingerprint density at radius 2 is 1.88 bits per heavy atom. The minimum Gasteiger partial charge on any atom is -0.349 e. The van der Waals surface area contributed by atoms with Crippen LogP contribution in [0.1, 0.15) is 34.8 Å². The van der Waals surface area contributed by atoms with Crippen molar-refractivity contribution < 1.29 is 9.59 Å². The van der Waals surface area contributed by atoms with Gasteiger partial charge in [0, 0.05) is 41.6 Å². The molecule has 1 saturated carbocycles. The molecule has 0 saturated heterocycles. The van der Waals surface area contributed by atoms with Crippen LogP contribution in [-0.2, 0) is 11.2 Å². The molecule has 1 aliphatic carbocycles. The van der Waals surface area contributed by atoms with Gasteiger partial charge in [0.2, 0.25) is 5.91 Å². The van der Waals surface area contributed by atoms with E-state index in [9.17, 15) is 9.59 Å². The normalized spacial score (nSPS) is 17.5. The van der Waals surface area contributed by atoms with Crippen molar-refractivity contribution in [1.82, 2.24) is 19.9 Å².